The van der Waals surface area contributed by atoms with Crippen LogP contribution in [0.4, 0.5) is 0 Å². The highest BCUT2D eigenvalue weighted by Crippen LogP contribution is 2.34. The maximum absolute atomic E-state index is 11.1. The zero-order valence-corrected chi connectivity index (χ0v) is 8.12. The third kappa shape index (κ3) is 2.10. The van der Waals surface area contributed by atoms with Gasteiger partial charge in [0.15, 0.2) is 6.10 Å². The fourth-order valence-electron chi connectivity index (χ4n) is 1.65. The van der Waals surface area contributed by atoms with Crippen molar-refractivity contribution in [2.45, 2.75) is 32.3 Å². The molecule has 0 fully saturated rings. The van der Waals surface area contributed by atoms with Crippen molar-refractivity contribution in [1.29, 1.82) is 0 Å². The summed E-state index contributed by atoms with van der Waals surface area (Å²) in [6.45, 7) is 1.88. The van der Waals surface area contributed by atoms with Gasteiger partial charge in [0.25, 0.3) is 0 Å². The van der Waals surface area contributed by atoms with Crippen LogP contribution in [0.15, 0.2) is 12.2 Å². The van der Waals surface area contributed by atoms with Crippen LogP contribution in [0.2, 0.25) is 0 Å². The van der Waals surface area contributed by atoms with Crippen molar-refractivity contribution in [1.82, 2.24) is 0 Å². The molecule has 3 heteroatoms. The van der Waals surface area contributed by atoms with E-state index in [-0.39, 0.29) is 0 Å². The molecule has 2 atom stereocenters. The lowest BCUT2D eigenvalue weighted by atomic mass is 9.76. The average molecular weight is 184 g/mol. The Bertz CT molecular complexity index is 222. The Morgan fingerprint density at radius 1 is 1.69 bits per heavy atom. The number of aliphatic hydroxyl groups excluding tert-OH is 1. The summed E-state index contributed by atoms with van der Waals surface area (Å²) in [6.07, 6.45) is 5.77. The molecule has 1 aliphatic rings. The quantitative estimate of drug-likeness (QED) is 0.519. The first-order valence-electron chi connectivity index (χ1n) is 4.54. The largest absolute Gasteiger partial charge is 0.467 e. The molecule has 1 aliphatic carbocycles. The number of carbonyl (C=O) groups excluding carboxylic acids is 1. The summed E-state index contributed by atoms with van der Waals surface area (Å²) in [5.74, 6) is -0.547. The molecule has 0 radical (unpaired) electrons. The lowest BCUT2D eigenvalue weighted by Gasteiger charge is -2.32. The zero-order chi connectivity index (χ0) is 9.90. The van der Waals surface area contributed by atoms with E-state index in [0.29, 0.717) is 0 Å². The van der Waals surface area contributed by atoms with Gasteiger partial charge in [0.1, 0.15) is 0 Å². The van der Waals surface area contributed by atoms with Gasteiger partial charge in [-0.15, -0.1) is 0 Å². The van der Waals surface area contributed by atoms with Crippen LogP contribution in [0, 0.1) is 5.41 Å². The summed E-state index contributed by atoms with van der Waals surface area (Å²) in [7, 11) is 1.29. The number of carbonyl (C=O) groups is 1. The maximum atomic E-state index is 11.1. The van der Waals surface area contributed by atoms with E-state index in [1.165, 1.54) is 7.11 Å². The second kappa shape index (κ2) is 3.92. The molecular weight excluding hydrogens is 168 g/mol. The summed E-state index contributed by atoms with van der Waals surface area (Å²) in [6, 6.07) is 0. The van der Waals surface area contributed by atoms with Crippen molar-refractivity contribution in [3.8, 4) is 0 Å². The minimum Gasteiger partial charge on any atom is -0.467 e. The van der Waals surface area contributed by atoms with Crippen molar-refractivity contribution in [2.24, 2.45) is 5.41 Å². The van der Waals surface area contributed by atoms with Crippen LogP contribution >= 0.6 is 0 Å². The second-order valence-electron chi connectivity index (χ2n) is 3.73. The topological polar surface area (TPSA) is 46.5 Å². The Morgan fingerprint density at radius 3 is 2.85 bits per heavy atom. The lowest BCUT2D eigenvalue weighted by molar-refractivity contribution is -0.156. The summed E-state index contributed by atoms with van der Waals surface area (Å²) < 4.78 is 4.51. The first-order chi connectivity index (χ1) is 6.10. The highest BCUT2D eigenvalue weighted by molar-refractivity contribution is 5.75. The van der Waals surface area contributed by atoms with Crippen LogP contribution in [-0.2, 0) is 9.53 Å². The summed E-state index contributed by atoms with van der Waals surface area (Å²) in [5.41, 5.74) is -0.439. The Morgan fingerprint density at radius 2 is 2.38 bits per heavy atom. The molecule has 0 aromatic carbocycles. The Balaban J connectivity index is 2.73. The summed E-state index contributed by atoms with van der Waals surface area (Å²) in [5, 5.41) is 9.68. The van der Waals surface area contributed by atoms with Gasteiger partial charge in [-0.1, -0.05) is 19.1 Å². The zero-order valence-electron chi connectivity index (χ0n) is 8.12. The molecule has 0 saturated heterocycles. The number of hydrogen-bond donors (Lipinski definition) is 1. The Kier molecular flexibility index (Phi) is 3.09. The molecule has 1 unspecified atom stereocenters. The standard InChI is InChI=1S/C10H16O3/c1-10(6-4-3-5-7-10)8(11)9(12)13-2/h4,6,8,11H,3,5,7H2,1-2H3/t8?,10-/m0/s1. The molecule has 13 heavy (non-hydrogen) atoms. The van der Waals surface area contributed by atoms with Crippen LogP contribution in [0.5, 0.6) is 0 Å². The van der Waals surface area contributed by atoms with Crippen molar-refractivity contribution in [3.05, 3.63) is 12.2 Å². The number of aliphatic hydroxyl groups is 1. The van der Waals surface area contributed by atoms with Crippen LogP contribution in [-0.4, -0.2) is 24.3 Å². The molecule has 74 valence electrons. The molecule has 1 N–H and O–H groups in total. The highest BCUT2D eigenvalue weighted by Gasteiger charge is 2.36. The molecule has 1 rings (SSSR count). The smallest absolute Gasteiger partial charge is 0.335 e. The molecule has 0 aliphatic heterocycles. The third-order valence-electron chi connectivity index (χ3n) is 2.63. The highest BCUT2D eigenvalue weighted by atomic mass is 16.5. The summed E-state index contributed by atoms with van der Waals surface area (Å²) in [4.78, 5) is 11.1. The number of ether oxygens (including phenoxy) is 1. The average Bonchev–Trinajstić information content (AvgIpc) is 2.16. The SMILES string of the molecule is COC(=O)C(O)[C@@]1(C)C=CCCC1. The molecule has 3 nitrogen and oxygen atoms in total. The maximum Gasteiger partial charge on any atom is 0.335 e. The van der Waals surface area contributed by atoms with Gasteiger partial charge in [-0.3, -0.25) is 0 Å². The van der Waals surface area contributed by atoms with E-state index in [9.17, 15) is 9.90 Å². The van der Waals surface area contributed by atoms with Gasteiger partial charge in [-0.25, -0.2) is 4.79 Å². The van der Waals surface area contributed by atoms with Gasteiger partial charge in [0, 0.05) is 5.41 Å². The number of rotatable bonds is 2. The molecule has 0 bridgehead atoms. The molecule has 0 amide bonds. The predicted octanol–water partition coefficient (Wildman–Crippen LogP) is 1.27. The fraction of sp³-hybridized carbons (Fsp3) is 0.700. The van der Waals surface area contributed by atoms with E-state index in [1.54, 1.807) is 0 Å². The number of methoxy groups -OCH3 is 1. The van der Waals surface area contributed by atoms with Gasteiger partial charge in [-0.05, 0) is 19.3 Å². The molecular formula is C10H16O3. The Hall–Kier alpha value is -0.830. The molecule has 0 aromatic heterocycles. The minimum atomic E-state index is -1.03. The number of esters is 1. The second-order valence-corrected chi connectivity index (χ2v) is 3.73. The van der Waals surface area contributed by atoms with Crippen LogP contribution < -0.4 is 0 Å². The molecule has 0 heterocycles. The first kappa shape index (κ1) is 10.3. The van der Waals surface area contributed by atoms with Gasteiger partial charge in [0.05, 0.1) is 7.11 Å². The van der Waals surface area contributed by atoms with E-state index in [4.69, 9.17) is 0 Å². The number of hydrogen-bond acceptors (Lipinski definition) is 3. The molecule has 0 saturated carbocycles. The van der Waals surface area contributed by atoms with Crippen LogP contribution in [0.25, 0.3) is 0 Å². The van der Waals surface area contributed by atoms with Crippen molar-refractivity contribution >= 4 is 5.97 Å². The van der Waals surface area contributed by atoms with Gasteiger partial charge in [0.2, 0.25) is 0 Å². The summed E-state index contributed by atoms with van der Waals surface area (Å²) >= 11 is 0. The van der Waals surface area contributed by atoms with Crippen molar-refractivity contribution in [2.75, 3.05) is 7.11 Å². The van der Waals surface area contributed by atoms with Crippen molar-refractivity contribution < 1.29 is 14.6 Å². The van der Waals surface area contributed by atoms with E-state index < -0.39 is 17.5 Å². The minimum absolute atomic E-state index is 0.439. The lowest BCUT2D eigenvalue weighted by Crippen LogP contribution is -2.38. The predicted molar refractivity (Wildman–Crippen MR) is 49.1 cm³/mol. The first-order valence-corrected chi connectivity index (χ1v) is 4.54. The van der Waals surface area contributed by atoms with Gasteiger partial charge >= 0.3 is 5.97 Å². The molecule has 0 spiro atoms. The van der Waals surface area contributed by atoms with Gasteiger partial charge < -0.3 is 9.84 Å². The van der Waals surface area contributed by atoms with E-state index in [1.807, 2.05) is 19.1 Å². The van der Waals surface area contributed by atoms with Crippen molar-refractivity contribution in [3.63, 3.8) is 0 Å². The van der Waals surface area contributed by atoms with Gasteiger partial charge in [-0.2, -0.15) is 0 Å². The van der Waals surface area contributed by atoms with Crippen LogP contribution in [0.1, 0.15) is 26.2 Å². The molecule has 0 aromatic rings. The van der Waals surface area contributed by atoms with E-state index in [0.717, 1.165) is 19.3 Å². The van der Waals surface area contributed by atoms with Crippen LogP contribution in [0.3, 0.4) is 0 Å². The van der Waals surface area contributed by atoms with E-state index in [2.05, 4.69) is 4.74 Å². The van der Waals surface area contributed by atoms with E-state index >= 15 is 0 Å². The Labute approximate surface area is 78.4 Å². The fourth-order valence-corrected chi connectivity index (χ4v) is 1.65. The number of allylic oxidation sites excluding steroid dienone is 1. The normalized spacial score (nSPS) is 29.8. The monoisotopic (exact) mass is 184 g/mol. The third-order valence-corrected chi connectivity index (χ3v) is 2.63.